The van der Waals surface area contributed by atoms with Gasteiger partial charge in [-0.25, -0.2) is 4.98 Å². The number of amides is 1. The van der Waals surface area contributed by atoms with E-state index in [0.29, 0.717) is 18.7 Å². The number of rotatable bonds is 7. The van der Waals surface area contributed by atoms with Crippen LogP contribution in [0.2, 0.25) is 0 Å². The minimum atomic E-state index is -0.115. The van der Waals surface area contributed by atoms with Gasteiger partial charge in [0.05, 0.1) is 23.3 Å². The highest BCUT2D eigenvalue weighted by atomic mass is 32.1. The second-order valence-electron chi connectivity index (χ2n) is 6.69. The van der Waals surface area contributed by atoms with Crippen molar-refractivity contribution in [3.05, 3.63) is 83.9 Å². The molecule has 3 heterocycles. The summed E-state index contributed by atoms with van der Waals surface area (Å²) in [5, 5.41) is 9.78. The topological polar surface area (TPSA) is 64.7 Å². The Morgan fingerprint density at radius 2 is 2.07 bits per heavy atom. The molecule has 0 bridgehead atoms. The van der Waals surface area contributed by atoms with E-state index in [2.05, 4.69) is 22.4 Å². The summed E-state index contributed by atoms with van der Waals surface area (Å²) in [6.45, 7) is 3.27. The third kappa shape index (κ3) is 4.20. The molecule has 142 valence electrons. The second-order valence-corrected chi connectivity index (χ2v) is 7.63. The van der Waals surface area contributed by atoms with Gasteiger partial charge in [-0.1, -0.05) is 36.4 Å². The quantitative estimate of drug-likeness (QED) is 0.523. The Hall–Kier alpha value is -3.19. The van der Waals surface area contributed by atoms with Gasteiger partial charge in [-0.3, -0.25) is 9.48 Å². The van der Waals surface area contributed by atoms with Crippen LogP contribution in [0.4, 0.5) is 0 Å². The maximum absolute atomic E-state index is 13.0. The van der Waals surface area contributed by atoms with Crippen molar-refractivity contribution in [2.75, 3.05) is 0 Å². The molecule has 0 aliphatic rings. The predicted molar refractivity (Wildman–Crippen MR) is 110 cm³/mol. The highest BCUT2D eigenvalue weighted by Gasteiger charge is 2.20. The SMILES string of the molecule is CC(Cn1ccnc1)NC(=O)c1cn(Cc2ccccc2)nc1-c1cccs1. The number of hydrogen-bond donors (Lipinski definition) is 1. The molecule has 0 saturated heterocycles. The van der Waals surface area contributed by atoms with Gasteiger partial charge in [-0.2, -0.15) is 5.10 Å². The standard InChI is InChI=1S/C21H21N5OS/c1-16(12-25-10-9-22-15-25)23-21(27)18-14-26(13-17-6-3-2-4-7-17)24-20(18)19-8-5-11-28-19/h2-11,14-16H,12-13H2,1H3,(H,23,27). The van der Waals surface area contributed by atoms with Crippen molar-refractivity contribution in [1.82, 2.24) is 24.6 Å². The van der Waals surface area contributed by atoms with Gasteiger partial charge < -0.3 is 9.88 Å². The van der Waals surface area contributed by atoms with Crippen LogP contribution in [0.5, 0.6) is 0 Å². The predicted octanol–water partition coefficient (Wildman–Crippen LogP) is 3.67. The Balaban J connectivity index is 1.56. The summed E-state index contributed by atoms with van der Waals surface area (Å²) in [4.78, 5) is 18.0. The number of nitrogens with one attached hydrogen (secondary N) is 1. The number of hydrogen-bond acceptors (Lipinski definition) is 4. The minimum absolute atomic E-state index is 0.0321. The Morgan fingerprint density at radius 1 is 1.21 bits per heavy atom. The van der Waals surface area contributed by atoms with E-state index in [4.69, 9.17) is 5.10 Å². The zero-order chi connectivity index (χ0) is 19.3. The largest absolute Gasteiger partial charge is 0.348 e. The Bertz CT molecular complexity index is 1020. The van der Waals surface area contributed by atoms with Crippen LogP contribution in [0.25, 0.3) is 10.6 Å². The first kappa shape index (κ1) is 18.2. The maximum Gasteiger partial charge on any atom is 0.255 e. The van der Waals surface area contributed by atoms with Crippen molar-refractivity contribution in [3.63, 3.8) is 0 Å². The number of thiophene rings is 1. The molecule has 6 nitrogen and oxygen atoms in total. The summed E-state index contributed by atoms with van der Waals surface area (Å²) in [7, 11) is 0. The van der Waals surface area contributed by atoms with E-state index in [1.54, 1.807) is 23.9 Å². The molecule has 0 aliphatic carbocycles. The van der Waals surface area contributed by atoms with Crippen LogP contribution in [0, 0.1) is 0 Å². The van der Waals surface area contributed by atoms with Crippen LogP contribution >= 0.6 is 11.3 Å². The van der Waals surface area contributed by atoms with E-state index < -0.39 is 0 Å². The Labute approximate surface area is 167 Å². The van der Waals surface area contributed by atoms with E-state index in [-0.39, 0.29) is 11.9 Å². The lowest BCUT2D eigenvalue weighted by Gasteiger charge is -2.14. The highest BCUT2D eigenvalue weighted by molar-refractivity contribution is 7.13. The van der Waals surface area contributed by atoms with Gasteiger partial charge in [0.15, 0.2) is 0 Å². The van der Waals surface area contributed by atoms with Gasteiger partial charge in [0, 0.05) is 31.2 Å². The fraction of sp³-hybridized carbons (Fsp3) is 0.190. The molecule has 3 aromatic heterocycles. The number of benzene rings is 1. The molecule has 0 spiro atoms. The lowest BCUT2D eigenvalue weighted by Crippen LogP contribution is -2.35. The van der Waals surface area contributed by atoms with Gasteiger partial charge in [-0.15, -0.1) is 11.3 Å². The molecule has 28 heavy (non-hydrogen) atoms. The van der Waals surface area contributed by atoms with Crippen molar-refractivity contribution >= 4 is 17.2 Å². The summed E-state index contributed by atoms with van der Waals surface area (Å²) in [6, 6.07) is 14.0. The van der Waals surface area contributed by atoms with Crippen LogP contribution in [0.3, 0.4) is 0 Å². The van der Waals surface area contributed by atoms with Crippen molar-refractivity contribution in [2.45, 2.75) is 26.1 Å². The van der Waals surface area contributed by atoms with Gasteiger partial charge in [0.1, 0.15) is 5.69 Å². The number of imidazole rings is 1. The average molecular weight is 392 g/mol. The van der Waals surface area contributed by atoms with Crippen LogP contribution in [0.15, 0.2) is 72.8 Å². The molecule has 4 rings (SSSR count). The molecule has 0 fully saturated rings. The normalized spacial score (nSPS) is 12.0. The van der Waals surface area contributed by atoms with Gasteiger partial charge in [-0.05, 0) is 23.9 Å². The third-order valence-corrected chi connectivity index (χ3v) is 5.25. The minimum Gasteiger partial charge on any atom is -0.348 e. The lowest BCUT2D eigenvalue weighted by atomic mass is 10.2. The summed E-state index contributed by atoms with van der Waals surface area (Å²) >= 11 is 1.58. The Morgan fingerprint density at radius 3 is 2.79 bits per heavy atom. The summed E-state index contributed by atoms with van der Waals surface area (Å²) in [6.07, 6.45) is 7.20. The smallest absolute Gasteiger partial charge is 0.255 e. The van der Waals surface area contributed by atoms with E-state index >= 15 is 0 Å². The lowest BCUT2D eigenvalue weighted by molar-refractivity contribution is 0.0937. The van der Waals surface area contributed by atoms with Gasteiger partial charge in [0.25, 0.3) is 5.91 Å². The highest BCUT2D eigenvalue weighted by Crippen LogP contribution is 2.27. The fourth-order valence-electron chi connectivity index (χ4n) is 3.09. The van der Waals surface area contributed by atoms with Crippen LogP contribution in [0.1, 0.15) is 22.8 Å². The number of carbonyl (C=O) groups excluding carboxylic acids is 1. The number of aromatic nitrogens is 4. The van der Waals surface area contributed by atoms with Gasteiger partial charge >= 0.3 is 0 Å². The van der Waals surface area contributed by atoms with Crippen molar-refractivity contribution < 1.29 is 4.79 Å². The second kappa shape index (κ2) is 8.22. The van der Waals surface area contributed by atoms with E-state index in [9.17, 15) is 4.79 Å². The summed E-state index contributed by atoms with van der Waals surface area (Å²) in [5.41, 5.74) is 2.46. The van der Waals surface area contributed by atoms with E-state index in [1.807, 2.05) is 64.3 Å². The molecular weight excluding hydrogens is 370 g/mol. The first-order chi connectivity index (χ1) is 13.7. The molecule has 0 saturated carbocycles. The molecule has 7 heteroatoms. The molecule has 1 aromatic carbocycles. The zero-order valence-corrected chi connectivity index (χ0v) is 16.3. The number of carbonyl (C=O) groups is 1. The van der Waals surface area contributed by atoms with Gasteiger partial charge in [0.2, 0.25) is 0 Å². The number of nitrogens with zero attached hydrogens (tertiary/aromatic N) is 4. The van der Waals surface area contributed by atoms with Crippen molar-refractivity contribution in [3.8, 4) is 10.6 Å². The molecule has 0 aliphatic heterocycles. The first-order valence-electron chi connectivity index (χ1n) is 9.11. The average Bonchev–Trinajstić information content (AvgIpc) is 3.44. The van der Waals surface area contributed by atoms with E-state index in [1.165, 1.54) is 0 Å². The Kier molecular flexibility index (Phi) is 5.34. The molecule has 1 N–H and O–H groups in total. The van der Waals surface area contributed by atoms with Crippen LogP contribution < -0.4 is 5.32 Å². The molecule has 1 atom stereocenters. The molecule has 1 unspecified atom stereocenters. The van der Waals surface area contributed by atoms with Crippen LogP contribution in [-0.4, -0.2) is 31.3 Å². The van der Waals surface area contributed by atoms with Crippen molar-refractivity contribution in [1.29, 1.82) is 0 Å². The third-order valence-electron chi connectivity index (χ3n) is 4.37. The monoisotopic (exact) mass is 391 g/mol. The molecule has 0 radical (unpaired) electrons. The molecular formula is C21H21N5OS. The maximum atomic E-state index is 13.0. The van der Waals surface area contributed by atoms with Crippen molar-refractivity contribution in [2.24, 2.45) is 0 Å². The zero-order valence-electron chi connectivity index (χ0n) is 15.5. The van der Waals surface area contributed by atoms with Crippen LogP contribution in [-0.2, 0) is 13.1 Å². The first-order valence-corrected chi connectivity index (χ1v) is 9.99. The summed E-state index contributed by atoms with van der Waals surface area (Å²) in [5.74, 6) is -0.115. The molecule has 1 amide bonds. The molecule has 4 aromatic rings. The fourth-order valence-corrected chi connectivity index (χ4v) is 3.82. The summed E-state index contributed by atoms with van der Waals surface area (Å²) < 4.78 is 3.78. The van der Waals surface area contributed by atoms with E-state index in [0.717, 1.165) is 16.1 Å².